The van der Waals surface area contributed by atoms with Crippen LogP contribution in [0.5, 0.6) is 11.8 Å². The van der Waals surface area contributed by atoms with Gasteiger partial charge >= 0.3 is 0 Å². The van der Waals surface area contributed by atoms with E-state index >= 15 is 0 Å². The summed E-state index contributed by atoms with van der Waals surface area (Å²) in [4.78, 5) is 15.1. The molecule has 0 aliphatic carbocycles. The van der Waals surface area contributed by atoms with Crippen molar-refractivity contribution in [1.82, 2.24) is 19.9 Å². The largest absolute Gasteiger partial charge is 0.481 e. The van der Waals surface area contributed by atoms with Crippen LogP contribution in [-0.4, -0.2) is 34.2 Å². The second-order valence-electron chi connectivity index (χ2n) is 4.19. The highest BCUT2D eigenvalue weighted by molar-refractivity contribution is 5.30. The Labute approximate surface area is 138 Å². The van der Waals surface area contributed by atoms with Crippen LogP contribution in [0, 0.1) is 22.7 Å². The molecule has 2 heterocycles. The molecule has 4 N–H and O–H groups in total. The minimum absolute atomic E-state index is 0.346. The molecule has 0 saturated heterocycles. The van der Waals surface area contributed by atoms with Gasteiger partial charge in [-0.15, -0.1) is 0 Å². The first-order valence-electron chi connectivity index (χ1n) is 6.57. The third-order valence-corrected chi connectivity index (χ3v) is 2.74. The molecule has 124 valence electrons. The van der Waals surface area contributed by atoms with E-state index in [4.69, 9.17) is 31.5 Å². The Morgan fingerprint density at radius 2 is 1.25 bits per heavy atom. The first kappa shape index (κ1) is 18.7. The SMILES string of the molecule is COc1ncncc1C(N)C#N.COc1ncncc1C(N)C#N. The average Bonchev–Trinajstić information content (AvgIpc) is 2.67. The molecular weight excluding hydrogens is 312 g/mol. The fourth-order valence-corrected chi connectivity index (χ4v) is 1.57. The highest BCUT2D eigenvalue weighted by Gasteiger charge is 2.12. The summed E-state index contributed by atoms with van der Waals surface area (Å²) in [5.74, 6) is 0.693. The normalized spacial score (nSPS) is 11.8. The van der Waals surface area contributed by atoms with Crippen LogP contribution in [-0.2, 0) is 0 Å². The van der Waals surface area contributed by atoms with Crippen molar-refractivity contribution in [3.8, 4) is 23.9 Å². The number of hydrogen-bond acceptors (Lipinski definition) is 10. The van der Waals surface area contributed by atoms with Gasteiger partial charge in [0.25, 0.3) is 0 Å². The quantitative estimate of drug-likeness (QED) is 0.779. The van der Waals surface area contributed by atoms with Crippen LogP contribution in [0.25, 0.3) is 0 Å². The molecule has 0 aliphatic heterocycles. The second kappa shape index (κ2) is 9.63. The van der Waals surface area contributed by atoms with Crippen LogP contribution in [0.4, 0.5) is 0 Å². The fraction of sp³-hybridized carbons (Fsp3) is 0.286. The van der Waals surface area contributed by atoms with E-state index in [1.54, 1.807) is 0 Å². The standard InChI is InChI=1S/2C7H8N4O/c2*1-12-7-5(6(9)2-8)3-10-4-11-7/h2*3-4,6H,9H2,1H3. The highest BCUT2D eigenvalue weighted by atomic mass is 16.5. The number of ether oxygens (including phenoxy) is 2. The summed E-state index contributed by atoms with van der Waals surface area (Å²) in [6, 6.07) is 2.28. The van der Waals surface area contributed by atoms with Crippen LogP contribution < -0.4 is 20.9 Å². The molecule has 0 amide bonds. The Balaban J connectivity index is 0.000000240. The minimum atomic E-state index is -0.735. The van der Waals surface area contributed by atoms with Crippen molar-refractivity contribution in [2.75, 3.05) is 14.2 Å². The van der Waals surface area contributed by atoms with Crippen LogP contribution in [0.1, 0.15) is 23.2 Å². The molecule has 0 spiro atoms. The molecule has 2 aromatic rings. The van der Waals surface area contributed by atoms with Gasteiger partial charge in [0.15, 0.2) is 0 Å². The van der Waals surface area contributed by atoms with Crippen molar-refractivity contribution in [1.29, 1.82) is 10.5 Å². The zero-order valence-electron chi connectivity index (χ0n) is 13.1. The van der Waals surface area contributed by atoms with Gasteiger partial charge in [-0.2, -0.15) is 10.5 Å². The Kier molecular flexibility index (Phi) is 7.51. The lowest BCUT2D eigenvalue weighted by molar-refractivity contribution is 0.389. The summed E-state index contributed by atoms with van der Waals surface area (Å²) in [7, 11) is 2.94. The molecule has 0 fully saturated rings. The number of aromatic nitrogens is 4. The number of rotatable bonds is 4. The maximum Gasteiger partial charge on any atom is 0.222 e. The topological polar surface area (TPSA) is 170 Å². The number of nitrogens with zero attached hydrogens (tertiary/aromatic N) is 6. The number of nitriles is 2. The van der Waals surface area contributed by atoms with E-state index in [1.807, 2.05) is 12.1 Å². The van der Waals surface area contributed by atoms with E-state index in [9.17, 15) is 0 Å². The van der Waals surface area contributed by atoms with E-state index in [0.717, 1.165) is 0 Å². The monoisotopic (exact) mass is 328 g/mol. The van der Waals surface area contributed by atoms with E-state index in [2.05, 4.69) is 19.9 Å². The van der Waals surface area contributed by atoms with Gasteiger partial charge in [0.1, 0.15) is 24.7 Å². The molecule has 24 heavy (non-hydrogen) atoms. The molecule has 2 unspecified atom stereocenters. The summed E-state index contributed by atoms with van der Waals surface area (Å²) >= 11 is 0. The van der Waals surface area contributed by atoms with E-state index < -0.39 is 12.1 Å². The smallest absolute Gasteiger partial charge is 0.222 e. The van der Waals surface area contributed by atoms with Gasteiger partial charge in [0, 0.05) is 12.4 Å². The van der Waals surface area contributed by atoms with Gasteiger partial charge in [-0.05, 0) is 0 Å². The predicted molar refractivity (Wildman–Crippen MR) is 82.3 cm³/mol. The van der Waals surface area contributed by atoms with Gasteiger partial charge in [-0.25, -0.2) is 19.9 Å². The Hall–Kier alpha value is -3.34. The first-order chi connectivity index (χ1) is 11.6. The summed E-state index contributed by atoms with van der Waals surface area (Å²) in [5, 5.41) is 17.0. The van der Waals surface area contributed by atoms with Crippen molar-refractivity contribution in [3.05, 3.63) is 36.2 Å². The van der Waals surface area contributed by atoms with Gasteiger partial charge in [-0.3, -0.25) is 0 Å². The predicted octanol–water partition coefficient (Wildman–Crippen LogP) is 0.0172. The van der Waals surface area contributed by atoms with Crippen molar-refractivity contribution in [3.63, 3.8) is 0 Å². The third-order valence-electron chi connectivity index (χ3n) is 2.74. The van der Waals surface area contributed by atoms with Crippen LogP contribution in [0.3, 0.4) is 0 Å². The van der Waals surface area contributed by atoms with Gasteiger partial charge in [0.2, 0.25) is 11.8 Å². The third kappa shape index (κ3) is 4.84. The maximum absolute atomic E-state index is 8.52. The van der Waals surface area contributed by atoms with Gasteiger partial charge < -0.3 is 20.9 Å². The van der Waals surface area contributed by atoms with Crippen LogP contribution >= 0.6 is 0 Å². The van der Waals surface area contributed by atoms with Crippen LogP contribution in [0.15, 0.2) is 25.0 Å². The Morgan fingerprint density at radius 3 is 1.54 bits per heavy atom. The molecule has 0 saturated carbocycles. The molecule has 0 aliphatic rings. The highest BCUT2D eigenvalue weighted by Crippen LogP contribution is 2.18. The molecule has 2 atom stereocenters. The van der Waals surface area contributed by atoms with Crippen molar-refractivity contribution in [2.24, 2.45) is 11.5 Å². The second-order valence-corrected chi connectivity index (χ2v) is 4.19. The van der Waals surface area contributed by atoms with Gasteiger partial charge in [-0.1, -0.05) is 0 Å². The van der Waals surface area contributed by atoms with E-state index in [0.29, 0.717) is 22.9 Å². The number of nitrogens with two attached hydrogens (primary N) is 2. The minimum Gasteiger partial charge on any atom is -0.481 e. The maximum atomic E-state index is 8.52. The Bertz CT molecular complexity index is 677. The van der Waals surface area contributed by atoms with Crippen molar-refractivity contribution >= 4 is 0 Å². The summed E-state index contributed by atoms with van der Waals surface area (Å²) < 4.78 is 9.77. The molecule has 2 rings (SSSR count). The van der Waals surface area contributed by atoms with Gasteiger partial charge in [0.05, 0.1) is 37.5 Å². The van der Waals surface area contributed by atoms with Crippen molar-refractivity contribution < 1.29 is 9.47 Å². The lowest BCUT2D eigenvalue weighted by Gasteiger charge is -2.06. The van der Waals surface area contributed by atoms with E-state index in [1.165, 1.54) is 39.3 Å². The number of methoxy groups -OCH3 is 2. The molecule has 0 radical (unpaired) electrons. The lowest BCUT2D eigenvalue weighted by Crippen LogP contribution is -2.10. The molecule has 2 aromatic heterocycles. The lowest BCUT2D eigenvalue weighted by atomic mass is 10.2. The molecular formula is C14H16N8O2. The molecule has 10 heteroatoms. The number of hydrogen-bond donors (Lipinski definition) is 2. The zero-order valence-corrected chi connectivity index (χ0v) is 13.1. The molecule has 0 bridgehead atoms. The zero-order chi connectivity index (χ0) is 17.9. The first-order valence-corrected chi connectivity index (χ1v) is 6.57. The molecule has 0 aromatic carbocycles. The Morgan fingerprint density at radius 1 is 0.875 bits per heavy atom. The summed E-state index contributed by atoms with van der Waals surface area (Å²) in [6.07, 6.45) is 5.62. The molecule has 10 nitrogen and oxygen atoms in total. The average molecular weight is 328 g/mol. The van der Waals surface area contributed by atoms with E-state index in [-0.39, 0.29) is 0 Å². The van der Waals surface area contributed by atoms with Crippen molar-refractivity contribution in [2.45, 2.75) is 12.1 Å². The van der Waals surface area contributed by atoms with Crippen LogP contribution in [0.2, 0.25) is 0 Å². The fourth-order valence-electron chi connectivity index (χ4n) is 1.57. The summed E-state index contributed by atoms with van der Waals surface area (Å²) in [5.41, 5.74) is 11.9. The summed E-state index contributed by atoms with van der Waals surface area (Å²) in [6.45, 7) is 0.